The summed E-state index contributed by atoms with van der Waals surface area (Å²) in [6.07, 6.45) is 0. The molecule has 0 fully saturated rings. The number of carbonyl (C=O) groups excluding carboxylic acids is 1. The Morgan fingerprint density at radius 2 is 1.91 bits per heavy atom. The highest BCUT2D eigenvalue weighted by atomic mass is 79.9. The zero-order valence-electron chi connectivity index (χ0n) is 6.05. The van der Waals surface area contributed by atoms with E-state index in [0.29, 0.717) is 0 Å². The second-order valence-corrected chi connectivity index (χ2v) is 2.87. The van der Waals surface area contributed by atoms with Gasteiger partial charge in [0.15, 0.2) is 0 Å². The van der Waals surface area contributed by atoms with Crippen LogP contribution < -0.4 is 0 Å². The maximum absolute atomic E-state index is 8.57. The van der Waals surface area contributed by atoms with E-state index in [1.807, 2.05) is 18.2 Å². The summed E-state index contributed by atoms with van der Waals surface area (Å²) in [6.45, 7) is 2.07. The summed E-state index contributed by atoms with van der Waals surface area (Å²) >= 11 is 7.71. The maximum atomic E-state index is 8.57. The molecule has 1 aromatic carbocycles. The molecule has 0 heterocycles. The molecule has 3 heteroatoms. The second kappa shape index (κ2) is 6.38. The standard InChI is InChI=1S/C7H7Br.CHClO/c1-6-4-2-3-5-7(6)8;2-1-3/h2-5H,1H3;1H. The molecular weight excluding hydrogens is 227 g/mol. The molecule has 0 N–H and O–H groups in total. The summed E-state index contributed by atoms with van der Waals surface area (Å²) in [6, 6.07) is 8.15. The Morgan fingerprint density at radius 3 is 2.18 bits per heavy atom. The zero-order valence-corrected chi connectivity index (χ0v) is 8.39. The molecule has 0 aliphatic rings. The number of rotatable bonds is 0. The van der Waals surface area contributed by atoms with Gasteiger partial charge in [0.05, 0.1) is 0 Å². The minimum atomic E-state index is 0.222. The lowest BCUT2D eigenvalue weighted by Crippen LogP contribution is -1.69. The van der Waals surface area contributed by atoms with Gasteiger partial charge in [-0.3, -0.25) is 4.79 Å². The van der Waals surface area contributed by atoms with Crippen molar-refractivity contribution in [3.63, 3.8) is 0 Å². The van der Waals surface area contributed by atoms with Crippen molar-refractivity contribution < 1.29 is 4.79 Å². The number of hydrogen-bond acceptors (Lipinski definition) is 1. The molecule has 0 aromatic heterocycles. The lowest BCUT2D eigenvalue weighted by atomic mass is 10.2. The van der Waals surface area contributed by atoms with E-state index in [9.17, 15) is 0 Å². The molecule has 0 bridgehead atoms. The van der Waals surface area contributed by atoms with Crippen LogP contribution >= 0.6 is 27.5 Å². The fourth-order valence-corrected chi connectivity index (χ4v) is 0.836. The number of aryl methyl sites for hydroxylation is 1. The molecular formula is C8H8BrClO. The lowest BCUT2D eigenvalue weighted by Gasteiger charge is -1.91. The molecule has 0 atom stereocenters. The van der Waals surface area contributed by atoms with Crippen molar-refractivity contribution in [1.82, 2.24) is 0 Å². The Balaban J connectivity index is 0.000000292. The van der Waals surface area contributed by atoms with Crippen LogP contribution in [0, 0.1) is 6.92 Å². The number of halogens is 2. The van der Waals surface area contributed by atoms with Crippen molar-refractivity contribution in [3.8, 4) is 0 Å². The number of hydrogen-bond donors (Lipinski definition) is 0. The van der Waals surface area contributed by atoms with Crippen LogP contribution in [-0.2, 0) is 4.79 Å². The third-order valence-corrected chi connectivity index (χ3v) is 1.97. The molecule has 0 aliphatic heterocycles. The van der Waals surface area contributed by atoms with Crippen LogP contribution in [0.25, 0.3) is 0 Å². The molecule has 0 unspecified atom stereocenters. The molecule has 11 heavy (non-hydrogen) atoms. The molecule has 1 aromatic rings. The van der Waals surface area contributed by atoms with Crippen LogP contribution in [-0.4, -0.2) is 5.75 Å². The van der Waals surface area contributed by atoms with Crippen molar-refractivity contribution in [2.45, 2.75) is 6.92 Å². The number of carbonyl (C=O) groups is 1. The second-order valence-electron chi connectivity index (χ2n) is 1.84. The molecule has 1 rings (SSSR count). The maximum Gasteiger partial charge on any atom is 0.208 e. The summed E-state index contributed by atoms with van der Waals surface area (Å²) in [7, 11) is 0. The monoisotopic (exact) mass is 234 g/mol. The molecule has 0 saturated carbocycles. The predicted octanol–water partition coefficient (Wildman–Crippen LogP) is 3.17. The highest BCUT2D eigenvalue weighted by molar-refractivity contribution is 9.10. The number of benzene rings is 1. The van der Waals surface area contributed by atoms with Gasteiger partial charge in [0.25, 0.3) is 0 Å². The Morgan fingerprint density at radius 1 is 1.45 bits per heavy atom. The van der Waals surface area contributed by atoms with E-state index in [-0.39, 0.29) is 5.75 Å². The highest BCUT2D eigenvalue weighted by Gasteiger charge is 1.86. The smallest absolute Gasteiger partial charge is 0.208 e. The molecule has 0 radical (unpaired) electrons. The molecule has 0 aliphatic carbocycles. The van der Waals surface area contributed by atoms with Gasteiger partial charge < -0.3 is 0 Å². The third kappa shape index (κ3) is 4.99. The van der Waals surface area contributed by atoms with Crippen LogP contribution in [0.4, 0.5) is 0 Å². The molecule has 0 spiro atoms. The Kier molecular flexibility index (Phi) is 6.18. The first-order chi connectivity index (χ1) is 5.22. The van der Waals surface area contributed by atoms with Crippen LogP contribution in [0.2, 0.25) is 0 Å². The van der Waals surface area contributed by atoms with Gasteiger partial charge in [-0.25, -0.2) is 0 Å². The molecule has 0 saturated heterocycles. The first-order valence-corrected chi connectivity index (χ1v) is 4.20. The highest BCUT2D eigenvalue weighted by Crippen LogP contribution is 2.13. The SMILES string of the molecule is Cc1ccccc1Br.O=CCl. The van der Waals surface area contributed by atoms with Crippen molar-refractivity contribution in [2.75, 3.05) is 0 Å². The van der Waals surface area contributed by atoms with Crippen LogP contribution in [0.5, 0.6) is 0 Å². The molecule has 60 valence electrons. The van der Waals surface area contributed by atoms with Crippen molar-refractivity contribution >= 4 is 33.3 Å². The average Bonchev–Trinajstić information content (AvgIpc) is 1.97. The summed E-state index contributed by atoms with van der Waals surface area (Å²) < 4.78 is 1.18. The van der Waals surface area contributed by atoms with E-state index in [4.69, 9.17) is 4.79 Å². The molecule has 0 amide bonds. The van der Waals surface area contributed by atoms with E-state index in [1.165, 1.54) is 10.0 Å². The summed E-state index contributed by atoms with van der Waals surface area (Å²) in [5.74, 6) is 0.222. The Bertz CT molecular complexity index is 204. The van der Waals surface area contributed by atoms with Crippen molar-refractivity contribution in [3.05, 3.63) is 34.3 Å². The summed E-state index contributed by atoms with van der Waals surface area (Å²) in [4.78, 5) is 8.57. The van der Waals surface area contributed by atoms with Crippen LogP contribution in [0.1, 0.15) is 5.56 Å². The van der Waals surface area contributed by atoms with Crippen LogP contribution in [0.15, 0.2) is 28.7 Å². The average molecular weight is 236 g/mol. The van der Waals surface area contributed by atoms with Gasteiger partial charge in [-0.1, -0.05) is 34.1 Å². The van der Waals surface area contributed by atoms with E-state index in [2.05, 4.69) is 40.5 Å². The van der Waals surface area contributed by atoms with Gasteiger partial charge >= 0.3 is 0 Å². The fourth-order valence-electron chi connectivity index (χ4n) is 0.551. The predicted molar refractivity (Wildman–Crippen MR) is 51.5 cm³/mol. The van der Waals surface area contributed by atoms with Gasteiger partial charge in [-0.2, -0.15) is 0 Å². The largest absolute Gasteiger partial charge is 0.285 e. The van der Waals surface area contributed by atoms with E-state index in [1.54, 1.807) is 0 Å². The lowest BCUT2D eigenvalue weighted by molar-refractivity contribution is 0.569. The minimum absolute atomic E-state index is 0.222. The van der Waals surface area contributed by atoms with Crippen LogP contribution in [0.3, 0.4) is 0 Å². The van der Waals surface area contributed by atoms with Gasteiger partial charge in [-0.15, -0.1) is 0 Å². The Hall–Kier alpha value is -0.340. The quantitative estimate of drug-likeness (QED) is 0.499. The first-order valence-electron chi connectivity index (χ1n) is 2.97. The fraction of sp³-hybridized carbons (Fsp3) is 0.125. The van der Waals surface area contributed by atoms with E-state index < -0.39 is 0 Å². The van der Waals surface area contributed by atoms with E-state index >= 15 is 0 Å². The third-order valence-electron chi connectivity index (χ3n) is 1.08. The van der Waals surface area contributed by atoms with E-state index in [0.717, 1.165) is 0 Å². The summed E-state index contributed by atoms with van der Waals surface area (Å²) in [5.41, 5.74) is 1.28. The molecule has 1 nitrogen and oxygen atoms in total. The van der Waals surface area contributed by atoms with Gasteiger partial charge in [0.1, 0.15) is 0 Å². The summed E-state index contributed by atoms with van der Waals surface area (Å²) in [5, 5.41) is 0. The Labute approximate surface area is 79.5 Å². The van der Waals surface area contributed by atoms with Gasteiger partial charge in [0, 0.05) is 4.47 Å². The normalized spacial score (nSPS) is 7.91. The zero-order chi connectivity index (χ0) is 8.69. The van der Waals surface area contributed by atoms with Crippen molar-refractivity contribution in [1.29, 1.82) is 0 Å². The first kappa shape index (κ1) is 10.7. The van der Waals surface area contributed by atoms with Crippen molar-refractivity contribution in [2.24, 2.45) is 0 Å². The van der Waals surface area contributed by atoms with Gasteiger partial charge in [-0.05, 0) is 30.2 Å². The van der Waals surface area contributed by atoms with Gasteiger partial charge in [0.2, 0.25) is 5.75 Å². The topological polar surface area (TPSA) is 17.1 Å². The minimum Gasteiger partial charge on any atom is -0.285 e.